The van der Waals surface area contributed by atoms with Crippen LogP contribution in [0.1, 0.15) is 18.2 Å². The zero-order chi connectivity index (χ0) is 15.4. The van der Waals surface area contributed by atoms with Gasteiger partial charge < -0.3 is 9.84 Å². The number of amides is 1. The number of benzene rings is 1. The molecule has 0 bridgehead atoms. The molecule has 0 fully saturated rings. The molecule has 2 aromatic rings. The summed E-state index contributed by atoms with van der Waals surface area (Å²) in [5.74, 6) is 0.832. The molecule has 7 heteroatoms. The second kappa shape index (κ2) is 6.87. The predicted octanol–water partition coefficient (Wildman–Crippen LogP) is 2.91. The normalized spacial score (nSPS) is 13.7. The maximum atomic E-state index is 12.2. The largest absolute Gasteiger partial charge is 0.360 e. The summed E-state index contributed by atoms with van der Waals surface area (Å²) in [6.07, 6.45) is 0. The zero-order valence-corrected chi connectivity index (χ0v) is 13.2. The van der Waals surface area contributed by atoms with E-state index in [4.69, 9.17) is 16.1 Å². The van der Waals surface area contributed by atoms with Crippen molar-refractivity contribution in [3.05, 3.63) is 46.7 Å². The Morgan fingerprint density at radius 1 is 1.48 bits per heavy atom. The van der Waals surface area contributed by atoms with E-state index in [0.29, 0.717) is 16.6 Å². The van der Waals surface area contributed by atoms with Crippen LogP contribution in [-0.4, -0.2) is 20.5 Å². The predicted molar refractivity (Wildman–Crippen MR) is 82.6 cm³/mol. The maximum Gasteiger partial charge on any atom is 0.241 e. The van der Waals surface area contributed by atoms with E-state index in [1.54, 1.807) is 38.1 Å². The van der Waals surface area contributed by atoms with Crippen molar-refractivity contribution in [2.45, 2.75) is 24.9 Å². The first kappa shape index (κ1) is 15.7. The molecule has 0 spiro atoms. The smallest absolute Gasteiger partial charge is 0.241 e. The van der Waals surface area contributed by atoms with E-state index in [1.807, 2.05) is 6.07 Å². The van der Waals surface area contributed by atoms with Crippen molar-refractivity contribution in [3.63, 3.8) is 0 Å². The molecule has 0 aliphatic heterocycles. The third kappa shape index (κ3) is 4.41. The summed E-state index contributed by atoms with van der Waals surface area (Å²) >= 11 is 5.88. The van der Waals surface area contributed by atoms with Gasteiger partial charge in [0.1, 0.15) is 11.0 Å². The van der Waals surface area contributed by atoms with Gasteiger partial charge in [-0.25, -0.2) is 0 Å². The molecular weight excluding hydrogens is 312 g/mol. The van der Waals surface area contributed by atoms with Crippen LogP contribution in [0.25, 0.3) is 0 Å². The minimum absolute atomic E-state index is 0.271. The van der Waals surface area contributed by atoms with Gasteiger partial charge in [0.05, 0.1) is 0 Å². The summed E-state index contributed by atoms with van der Waals surface area (Å²) in [5.41, 5.74) is 0.831. The fourth-order valence-electron chi connectivity index (χ4n) is 1.69. The summed E-state index contributed by atoms with van der Waals surface area (Å²) in [4.78, 5) is 12.0. The Morgan fingerprint density at radius 3 is 2.86 bits per heavy atom. The van der Waals surface area contributed by atoms with Crippen molar-refractivity contribution < 1.29 is 13.5 Å². The lowest BCUT2D eigenvalue weighted by atomic mass is 10.2. The van der Waals surface area contributed by atoms with Crippen LogP contribution in [0.2, 0.25) is 5.02 Å². The number of nitrogens with zero attached hydrogens (tertiary/aromatic N) is 1. The van der Waals surface area contributed by atoms with E-state index in [1.165, 1.54) is 0 Å². The van der Waals surface area contributed by atoms with Gasteiger partial charge in [0, 0.05) is 27.6 Å². The van der Waals surface area contributed by atoms with Gasteiger partial charge in [-0.3, -0.25) is 9.00 Å². The highest BCUT2D eigenvalue weighted by Crippen LogP contribution is 2.15. The molecule has 0 saturated heterocycles. The minimum Gasteiger partial charge on any atom is -0.360 e. The van der Waals surface area contributed by atoms with Crippen LogP contribution in [0.15, 0.2) is 34.9 Å². The van der Waals surface area contributed by atoms with E-state index in [0.717, 1.165) is 5.56 Å². The van der Waals surface area contributed by atoms with Gasteiger partial charge in [0.25, 0.3) is 0 Å². The number of hydrogen-bond acceptors (Lipinski definition) is 4. The van der Waals surface area contributed by atoms with Gasteiger partial charge in [0.15, 0.2) is 5.82 Å². The SMILES string of the molecule is Cc1cc(NC(=O)[C@@H](C)[S@@](=O)Cc2cccc(Cl)c2)no1. The fraction of sp³-hybridized carbons (Fsp3) is 0.286. The van der Waals surface area contributed by atoms with Crippen molar-refractivity contribution in [2.24, 2.45) is 0 Å². The first-order valence-corrected chi connectivity index (χ1v) is 8.07. The number of carbonyl (C=O) groups excluding carboxylic acids is 1. The summed E-state index contributed by atoms with van der Waals surface area (Å²) in [5, 5.41) is 6.16. The molecule has 0 aliphatic rings. The molecule has 1 heterocycles. The summed E-state index contributed by atoms with van der Waals surface area (Å²) in [6.45, 7) is 3.34. The number of halogens is 1. The number of aryl methyl sites for hydroxylation is 1. The molecule has 112 valence electrons. The van der Waals surface area contributed by atoms with Gasteiger partial charge in [0.2, 0.25) is 5.91 Å². The van der Waals surface area contributed by atoms with Crippen molar-refractivity contribution in [1.82, 2.24) is 5.16 Å². The molecule has 0 saturated carbocycles. The molecule has 1 amide bonds. The van der Waals surface area contributed by atoms with E-state index >= 15 is 0 Å². The molecule has 2 rings (SSSR count). The second-order valence-corrected chi connectivity index (χ2v) is 6.80. The lowest BCUT2D eigenvalue weighted by Gasteiger charge is -2.10. The van der Waals surface area contributed by atoms with Gasteiger partial charge >= 0.3 is 0 Å². The summed E-state index contributed by atoms with van der Waals surface area (Å²) in [6, 6.07) is 8.71. The van der Waals surface area contributed by atoms with Gasteiger partial charge in [-0.1, -0.05) is 28.9 Å². The molecule has 1 N–H and O–H groups in total. The first-order chi connectivity index (χ1) is 9.95. The van der Waals surface area contributed by atoms with Crippen LogP contribution in [0.5, 0.6) is 0 Å². The number of aromatic nitrogens is 1. The molecule has 2 atom stereocenters. The lowest BCUT2D eigenvalue weighted by Crippen LogP contribution is -2.29. The van der Waals surface area contributed by atoms with Gasteiger partial charge in [-0.2, -0.15) is 0 Å². The third-order valence-corrected chi connectivity index (χ3v) is 4.70. The Balaban J connectivity index is 1.96. The lowest BCUT2D eigenvalue weighted by molar-refractivity contribution is -0.115. The van der Waals surface area contributed by atoms with Crippen LogP contribution in [-0.2, 0) is 21.3 Å². The molecule has 0 radical (unpaired) electrons. The molecule has 1 aromatic heterocycles. The number of nitrogens with one attached hydrogen (secondary N) is 1. The standard InChI is InChI=1S/C14H15ClN2O3S/c1-9-6-13(17-20-9)16-14(18)10(2)21(19)8-11-4-3-5-12(15)7-11/h3-7,10H,8H2,1-2H3,(H,16,17,18)/t10-,21+/m1/s1. The number of hydrogen-bond donors (Lipinski definition) is 1. The Labute approximate surface area is 130 Å². The Morgan fingerprint density at radius 2 is 2.24 bits per heavy atom. The van der Waals surface area contributed by atoms with Crippen molar-refractivity contribution in [2.75, 3.05) is 5.32 Å². The maximum absolute atomic E-state index is 12.2. The summed E-state index contributed by atoms with van der Waals surface area (Å²) < 4.78 is 17.1. The Kier molecular flexibility index (Phi) is 5.14. The van der Waals surface area contributed by atoms with Crippen molar-refractivity contribution >= 4 is 34.1 Å². The van der Waals surface area contributed by atoms with Crippen LogP contribution in [0.4, 0.5) is 5.82 Å². The third-order valence-electron chi connectivity index (χ3n) is 2.84. The van der Waals surface area contributed by atoms with Crippen LogP contribution >= 0.6 is 11.6 Å². The zero-order valence-electron chi connectivity index (χ0n) is 11.6. The number of rotatable bonds is 5. The van der Waals surface area contributed by atoms with E-state index in [-0.39, 0.29) is 11.7 Å². The van der Waals surface area contributed by atoms with Crippen molar-refractivity contribution in [1.29, 1.82) is 0 Å². The second-order valence-electron chi connectivity index (χ2n) is 4.61. The minimum atomic E-state index is -1.35. The first-order valence-electron chi connectivity index (χ1n) is 6.31. The highest BCUT2D eigenvalue weighted by Gasteiger charge is 2.21. The van der Waals surface area contributed by atoms with E-state index in [2.05, 4.69) is 10.5 Å². The average Bonchev–Trinajstić information content (AvgIpc) is 2.83. The van der Waals surface area contributed by atoms with E-state index in [9.17, 15) is 9.00 Å². The topological polar surface area (TPSA) is 72.2 Å². The van der Waals surface area contributed by atoms with Crippen LogP contribution in [0, 0.1) is 6.92 Å². The van der Waals surface area contributed by atoms with Gasteiger partial charge in [-0.15, -0.1) is 0 Å². The molecule has 0 aliphatic carbocycles. The van der Waals surface area contributed by atoms with Crippen molar-refractivity contribution in [3.8, 4) is 0 Å². The molecular formula is C14H15ClN2O3S. The highest BCUT2D eigenvalue weighted by molar-refractivity contribution is 7.85. The summed E-state index contributed by atoms with van der Waals surface area (Å²) in [7, 11) is -1.35. The monoisotopic (exact) mass is 326 g/mol. The molecule has 1 aromatic carbocycles. The number of carbonyl (C=O) groups is 1. The quantitative estimate of drug-likeness (QED) is 0.917. The average molecular weight is 327 g/mol. The molecule has 0 unspecified atom stereocenters. The van der Waals surface area contributed by atoms with Crippen LogP contribution in [0.3, 0.4) is 0 Å². The Hall–Kier alpha value is -1.66. The van der Waals surface area contributed by atoms with Crippen LogP contribution < -0.4 is 5.32 Å². The fourth-order valence-corrected chi connectivity index (χ4v) is 2.96. The molecule has 21 heavy (non-hydrogen) atoms. The molecule has 5 nitrogen and oxygen atoms in total. The van der Waals surface area contributed by atoms with Gasteiger partial charge in [-0.05, 0) is 31.5 Å². The highest BCUT2D eigenvalue weighted by atomic mass is 35.5. The van der Waals surface area contributed by atoms with E-state index < -0.39 is 16.0 Å². The Bertz CT molecular complexity index is 672. The number of anilines is 1.